The Morgan fingerprint density at radius 3 is 2.59 bits per heavy atom. The molecule has 4 nitrogen and oxygen atoms in total. The summed E-state index contributed by atoms with van der Waals surface area (Å²) in [5.74, 6) is -3.16. The number of halogens is 2. The van der Waals surface area contributed by atoms with E-state index in [9.17, 15) is 18.4 Å². The summed E-state index contributed by atoms with van der Waals surface area (Å²) in [7, 11) is 0. The largest absolute Gasteiger partial charge is 0.462 e. The van der Waals surface area contributed by atoms with Crippen LogP contribution in [0, 0.1) is 18.6 Å². The first-order valence-corrected chi connectivity index (χ1v) is 7.28. The van der Waals surface area contributed by atoms with Gasteiger partial charge in [0.25, 0.3) is 5.91 Å². The average molecular weight is 325 g/mol. The van der Waals surface area contributed by atoms with Gasteiger partial charge in [0.1, 0.15) is 4.88 Å². The van der Waals surface area contributed by atoms with Crippen molar-refractivity contribution in [2.45, 2.75) is 13.8 Å². The summed E-state index contributed by atoms with van der Waals surface area (Å²) in [5.41, 5.74) is 0.659. The van der Waals surface area contributed by atoms with Gasteiger partial charge in [-0.05, 0) is 43.7 Å². The molecule has 22 heavy (non-hydrogen) atoms. The average Bonchev–Trinajstić information content (AvgIpc) is 2.82. The molecule has 1 aromatic carbocycles. The van der Waals surface area contributed by atoms with E-state index in [4.69, 9.17) is 4.74 Å². The van der Waals surface area contributed by atoms with Crippen LogP contribution >= 0.6 is 11.3 Å². The van der Waals surface area contributed by atoms with E-state index in [0.29, 0.717) is 15.4 Å². The summed E-state index contributed by atoms with van der Waals surface area (Å²) in [4.78, 5) is 24.1. The summed E-state index contributed by atoms with van der Waals surface area (Å²) in [6.45, 7) is 3.68. The second-order valence-corrected chi connectivity index (χ2v) is 5.48. The van der Waals surface area contributed by atoms with E-state index >= 15 is 0 Å². The molecule has 0 aliphatic rings. The van der Waals surface area contributed by atoms with Gasteiger partial charge in [0.05, 0.1) is 11.6 Å². The Labute approximate surface area is 129 Å². The molecule has 0 aliphatic carbocycles. The van der Waals surface area contributed by atoms with E-state index in [1.807, 2.05) is 0 Å². The second-order valence-electron chi connectivity index (χ2n) is 4.43. The highest BCUT2D eigenvalue weighted by molar-refractivity contribution is 7.18. The van der Waals surface area contributed by atoms with Crippen LogP contribution in [0.1, 0.15) is 32.5 Å². The van der Waals surface area contributed by atoms with Gasteiger partial charge >= 0.3 is 5.97 Å². The van der Waals surface area contributed by atoms with Gasteiger partial charge in [-0.1, -0.05) is 0 Å². The Hall–Kier alpha value is -2.28. The number of carbonyl (C=O) groups is 2. The number of esters is 1. The highest BCUT2D eigenvalue weighted by atomic mass is 32.1. The van der Waals surface area contributed by atoms with E-state index < -0.39 is 23.5 Å². The zero-order valence-corrected chi connectivity index (χ0v) is 12.7. The fourth-order valence-electron chi connectivity index (χ4n) is 1.76. The molecule has 0 fully saturated rings. The SMILES string of the molecule is CCOC(=O)c1sc(NC(=O)c2ccc(F)c(F)c2)cc1C. The minimum Gasteiger partial charge on any atom is -0.462 e. The number of ether oxygens (including phenoxy) is 1. The normalized spacial score (nSPS) is 10.4. The first-order chi connectivity index (χ1) is 10.4. The number of amides is 1. The number of hydrogen-bond donors (Lipinski definition) is 1. The molecule has 116 valence electrons. The van der Waals surface area contributed by atoms with Crippen LogP contribution in [-0.2, 0) is 4.74 Å². The molecule has 1 heterocycles. The lowest BCUT2D eigenvalue weighted by atomic mass is 10.2. The summed E-state index contributed by atoms with van der Waals surface area (Å²) >= 11 is 1.06. The first-order valence-electron chi connectivity index (χ1n) is 6.46. The maximum Gasteiger partial charge on any atom is 0.348 e. The summed E-state index contributed by atoms with van der Waals surface area (Å²) < 4.78 is 30.9. The van der Waals surface area contributed by atoms with Crippen molar-refractivity contribution >= 4 is 28.2 Å². The maximum atomic E-state index is 13.1. The van der Waals surface area contributed by atoms with Crippen LogP contribution in [0.3, 0.4) is 0 Å². The highest BCUT2D eigenvalue weighted by Crippen LogP contribution is 2.27. The van der Waals surface area contributed by atoms with Crippen molar-refractivity contribution in [2.24, 2.45) is 0 Å². The number of rotatable bonds is 4. The highest BCUT2D eigenvalue weighted by Gasteiger charge is 2.17. The standard InChI is InChI=1S/C15H13F2NO3S/c1-3-21-15(20)13-8(2)6-12(22-13)18-14(19)9-4-5-10(16)11(17)7-9/h4-7H,3H2,1-2H3,(H,18,19). The van der Waals surface area contributed by atoms with Crippen LogP contribution in [0.2, 0.25) is 0 Å². The van der Waals surface area contributed by atoms with E-state index in [1.165, 1.54) is 6.07 Å². The van der Waals surface area contributed by atoms with E-state index in [0.717, 1.165) is 23.5 Å². The monoisotopic (exact) mass is 325 g/mol. The number of aryl methyl sites for hydroxylation is 1. The molecule has 0 unspecified atom stereocenters. The van der Waals surface area contributed by atoms with Gasteiger partial charge in [-0.3, -0.25) is 4.79 Å². The minimum absolute atomic E-state index is 0.0114. The van der Waals surface area contributed by atoms with Crippen LogP contribution in [-0.4, -0.2) is 18.5 Å². The van der Waals surface area contributed by atoms with Crippen molar-refractivity contribution in [3.8, 4) is 0 Å². The summed E-state index contributed by atoms with van der Waals surface area (Å²) in [5, 5.41) is 2.97. The molecular formula is C15H13F2NO3S. The molecule has 1 amide bonds. The molecule has 1 aromatic heterocycles. The van der Waals surface area contributed by atoms with Crippen molar-refractivity contribution in [1.82, 2.24) is 0 Å². The number of benzene rings is 1. The zero-order valence-electron chi connectivity index (χ0n) is 11.9. The fraction of sp³-hybridized carbons (Fsp3) is 0.200. The molecule has 0 spiro atoms. The molecule has 7 heteroatoms. The Balaban J connectivity index is 2.16. The molecule has 0 bridgehead atoms. The second kappa shape index (κ2) is 6.65. The third-order valence-corrected chi connectivity index (χ3v) is 3.93. The fourth-order valence-corrected chi connectivity index (χ4v) is 2.73. The van der Waals surface area contributed by atoms with Crippen molar-refractivity contribution in [3.05, 3.63) is 51.9 Å². The van der Waals surface area contributed by atoms with Gasteiger partial charge < -0.3 is 10.1 Å². The lowest BCUT2D eigenvalue weighted by Crippen LogP contribution is -2.11. The third-order valence-electron chi connectivity index (χ3n) is 2.80. The quantitative estimate of drug-likeness (QED) is 0.871. The first kappa shape index (κ1) is 16.1. The van der Waals surface area contributed by atoms with Crippen LogP contribution in [0.15, 0.2) is 24.3 Å². The Morgan fingerprint density at radius 2 is 1.95 bits per heavy atom. The molecule has 0 atom stereocenters. The van der Waals surface area contributed by atoms with E-state index in [1.54, 1.807) is 19.9 Å². The Bertz CT molecular complexity index is 728. The smallest absolute Gasteiger partial charge is 0.348 e. The van der Waals surface area contributed by atoms with Crippen LogP contribution in [0.25, 0.3) is 0 Å². The van der Waals surface area contributed by atoms with Gasteiger partial charge in [0, 0.05) is 5.56 Å². The van der Waals surface area contributed by atoms with Crippen molar-refractivity contribution in [3.63, 3.8) is 0 Å². The minimum atomic E-state index is -1.10. The third kappa shape index (κ3) is 3.48. The van der Waals surface area contributed by atoms with Gasteiger partial charge in [-0.25, -0.2) is 13.6 Å². The predicted molar refractivity (Wildman–Crippen MR) is 79.3 cm³/mol. The molecule has 1 N–H and O–H groups in total. The number of thiophene rings is 1. The molecule has 2 aromatic rings. The lowest BCUT2D eigenvalue weighted by molar-refractivity contribution is 0.0531. The van der Waals surface area contributed by atoms with Gasteiger partial charge in [-0.2, -0.15) is 0 Å². The molecule has 0 aliphatic heterocycles. The van der Waals surface area contributed by atoms with Crippen molar-refractivity contribution < 1.29 is 23.1 Å². The topological polar surface area (TPSA) is 55.4 Å². The van der Waals surface area contributed by atoms with E-state index in [2.05, 4.69) is 5.32 Å². The van der Waals surface area contributed by atoms with Crippen LogP contribution in [0.5, 0.6) is 0 Å². The Kier molecular flexibility index (Phi) is 4.87. The van der Waals surface area contributed by atoms with Crippen LogP contribution < -0.4 is 5.32 Å². The van der Waals surface area contributed by atoms with Gasteiger partial charge in [-0.15, -0.1) is 11.3 Å². The number of nitrogens with one attached hydrogen (secondary N) is 1. The van der Waals surface area contributed by atoms with Crippen molar-refractivity contribution in [1.29, 1.82) is 0 Å². The predicted octanol–water partition coefficient (Wildman–Crippen LogP) is 3.76. The summed E-state index contributed by atoms with van der Waals surface area (Å²) in [6, 6.07) is 4.50. The maximum absolute atomic E-state index is 13.1. The number of carbonyl (C=O) groups excluding carboxylic acids is 2. The van der Waals surface area contributed by atoms with Gasteiger partial charge in [0.15, 0.2) is 11.6 Å². The van der Waals surface area contributed by atoms with Crippen LogP contribution in [0.4, 0.5) is 13.8 Å². The number of hydrogen-bond acceptors (Lipinski definition) is 4. The summed E-state index contributed by atoms with van der Waals surface area (Å²) in [6.07, 6.45) is 0. The van der Waals surface area contributed by atoms with E-state index in [-0.39, 0.29) is 12.2 Å². The molecule has 0 saturated carbocycles. The zero-order chi connectivity index (χ0) is 16.3. The molecule has 2 rings (SSSR count). The lowest BCUT2D eigenvalue weighted by Gasteiger charge is -2.03. The van der Waals surface area contributed by atoms with Gasteiger partial charge in [0.2, 0.25) is 0 Å². The molecule has 0 saturated heterocycles. The Morgan fingerprint density at radius 1 is 1.23 bits per heavy atom. The number of anilines is 1. The molecule has 0 radical (unpaired) electrons. The van der Waals surface area contributed by atoms with Crippen molar-refractivity contribution in [2.75, 3.05) is 11.9 Å². The molecular weight excluding hydrogens is 312 g/mol.